The summed E-state index contributed by atoms with van der Waals surface area (Å²) in [6, 6.07) is 10.1. The summed E-state index contributed by atoms with van der Waals surface area (Å²) in [7, 11) is 0. The molecule has 4 rings (SSSR count). The smallest absolute Gasteiger partial charge is 0.153 e. The van der Waals surface area contributed by atoms with Gasteiger partial charge < -0.3 is 10.4 Å². The number of nitrogens with one attached hydrogen (secondary N) is 1. The number of aliphatic hydroxyl groups is 1. The molecule has 140 valence electrons. The minimum Gasteiger partial charge on any atom is -0.394 e. The summed E-state index contributed by atoms with van der Waals surface area (Å²) in [5, 5.41) is 30.8. The Morgan fingerprint density at radius 1 is 1.21 bits per heavy atom. The van der Waals surface area contributed by atoms with Crippen LogP contribution in [0.5, 0.6) is 0 Å². The van der Waals surface area contributed by atoms with Gasteiger partial charge in [0.1, 0.15) is 17.7 Å². The Kier molecular flexibility index (Phi) is 4.70. The van der Waals surface area contributed by atoms with Gasteiger partial charge in [-0.3, -0.25) is 9.36 Å². The SMILES string of the molecule is N#Cc1c(F)cccc1Cn1ncc2cnc(Nc3ccn(CCO)n3)cc21. The second-order valence-electron chi connectivity index (χ2n) is 6.13. The van der Waals surface area contributed by atoms with Gasteiger partial charge in [-0.25, -0.2) is 9.37 Å². The van der Waals surface area contributed by atoms with Crippen molar-refractivity contribution in [1.82, 2.24) is 24.5 Å². The van der Waals surface area contributed by atoms with Gasteiger partial charge >= 0.3 is 0 Å². The van der Waals surface area contributed by atoms with Gasteiger partial charge in [-0.1, -0.05) is 12.1 Å². The topological polar surface area (TPSA) is 105 Å². The lowest BCUT2D eigenvalue weighted by Crippen LogP contribution is -2.05. The maximum Gasteiger partial charge on any atom is 0.153 e. The van der Waals surface area contributed by atoms with E-state index in [2.05, 4.69) is 20.5 Å². The van der Waals surface area contributed by atoms with Gasteiger partial charge in [-0.15, -0.1) is 0 Å². The Hall–Kier alpha value is -3.77. The van der Waals surface area contributed by atoms with E-state index in [1.807, 2.05) is 12.1 Å². The van der Waals surface area contributed by atoms with Gasteiger partial charge in [0, 0.05) is 29.9 Å². The summed E-state index contributed by atoms with van der Waals surface area (Å²) >= 11 is 0. The van der Waals surface area contributed by atoms with E-state index in [4.69, 9.17) is 5.11 Å². The number of hydrogen-bond donors (Lipinski definition) is 2. The van der Waals surface area contributed by atoms with Gasteiger partial charge in [-0.05, 0) is 11.6 Å². The zero-order chi connectivity index (χ0) is 19.5. The number of nitriles is 1. The zero-order valence-electron chi connectivity index (χ0n) is 14.7. The Balaban J connectivity index is 1.63. The first-order valence-corrected chi connectivity index (χ1v) is 8.58. The molecule has 3 aromatic heterocycles. The van der Waals surface area contributed by atoms with Crippen LogP contribution in [0.25, 0.3) is 10.9 Å². The zero-order valence-corrected chi connectivity index (χ0v) is 14.7. The van der Waals surface area contributed by atoms with Crippen molar-refractivity contribution in [3.05, 3.63) is 65.9 Å². The standard InChI is InChI=1S/C19H16FN7O/c20-16-3-1-2-13(15(16)9-21)12-27-17-8-19(22-10-14(17)11-23-27)24-18-4-5-26(25-18)6-7-28/h1-5,8,10-11,28H,6-7,12H2,(H,22,24,25). The molecule has 0 saturated heterocycles. The summed E-state index contributed by atoms with van der Waals surface area (Å²) < 4.78 is 17.2. The number of benzene rings is 1. The van der Waals surface area contributed by atoms with Crippen molar-refractivity contribution in [2.75, 3.05) is 11.9 Å². The van der Waals surface area contributed by atoms with E-state index in [0.29, 0.717) is 23.7 Å². The molecule has 9 heteroatoms. The third-order valence-electron chi connectivity index (χ3n) is 4.28. The summed E-state index contributed by atoms with van der Waals surface area (Å²) in [4.78, 5) is 4.35. The van der Waals surface area contributed by atoms with E-state index < -0.39 is 5.82 Å². The van der Waals surface area contributed by atoms with Crippen LogP contribution in [0.4, 0.5) is 16.0 Å². The van der Waals surface area contributed by atoms with Crippen LogP contribution in [-0.4, -0.2) is 36.3 Å². The normalized spacial score (nSPS) is 10.9. The highest BCUT2D eigenvalue weighted by atomic mass is 19.1. The molecule has 0 atom stereocenters. The number of aromatic nitrogens is 5. The van der Waals surface area contributed by atoms with Crippen LogP contribution >= 0.6 is 0 Å². The molecule has 0 spiro atoms. The third-order valence-corrected chi connectivity index (χ3v) is 4.28. The highest BCUT2D eigenvalue weighted by Crippen LogP contribution is 2.21. The largest absolute Gasteiger partial charge is 0.394 e. The van der Waals surface area contributed by atoms with Crippen LogP contribution in [-0.2, 0) is 13.1 Å². The number of nitrogens with zero attached hydrogens (tertiary/aromatic N) is 6. The molecular weight excluding hydrogens is 361 g/mol. The van der Waals surface area contributed by atoms with Crippen LogP contribution in [0.3, 0.4) is 0 Å². The average Bonchev–Trinajstić information content (AvgIpc) is 3.29. The molecule has 4 aromatic rings. The van der Waals surface area contributed by atoms with E-state index in [0.717, 1.165) is 10.9 Å². The van der Waals surface area contributed by atoms with Crippen LogP contribution in [0, 0.1) is 17.1 Å². The fourth-order valence-electron chi connectivity index (χ4n) is 2.94. The summed E-state index contributed by atoms with van der Waals surface area (Å²) in [6.07, 6.45) is 5.12. The van der Waals surface area contributed by atoms with Gasteiger partial charge in [-0.2, -0.15) is 15.5 Å². The number of fused-ring (bicyclic) bond motifs is 1. The molecule has 0 aliphatic rings. The second-order valence-corrected chi connectivity index (χ2v) is 6.13. The number of anilines is 2. The fraction of sp³-hybridized carbons (Fsp3) is 0.158. The second kappa shape index (κ2) is 7.46. The molecule has 0 aliphatic heterocycles. The summed E-state index contributed by atoms with van der Waals surface area (Å²) in [6.45, 7) is 0.684. The molecular formula is C19H16FN7O. The minimum atomic E-state index is -0.543. The van der Waals surface area contributed by atoms with Crippen LogP contribution in [0.1, 0.15) is 11.1 Å². The monoisotopic (exact) mass is 377 g/mol. The molecule has 0 unspecified atom stereocenters. The third kappa shape index (κ3) is 3.41. The van der Waals surface area contributed by atoms with Gasteiger partial charge in [0.15, 0.2) is 5.82 Å². The fourth-order valence-corrected chi connectivity index (χ4v) is 2.94. The Labute approximate surface area is 159 Å². The van der Waals surface area contributed by atoms with E-state index >= 15 is 0 Å². The van der Waals surface area contributed by atoms with E-state index in [1.165, 1.54) is 6.07 Å². The number of pyridine rings is 1. The molecule has 28 heavy (non-hydrogen) atoms. The van der Waals surface area contributed by atoms with E-state index in [1.54, 1.807) is 46.2 Å². The Bertz CT molecular complexity index is 1170. The maximum absolute atomic E-state index is 13.9. The van der Waals surface area contributed by atoms with Gasteiger partial charge in [0.2, 0.25) is 0 Å². The van der Waals surface area contributed by atoms with Crippen LogP contribution < -0.4 is 5.32 Å². The van der Waals surface area contributed by atoms with Crippen molar-refractivity contribution in [2.45, 2.75) is 13.1 Å². The van der Waals surface area contributed by atoms with Crippen molar-refractivity contribution in [2.24, 2.45) is 0 Å². The predicted molar refractivity (Wildman–Crippen MR) is 100 cm³/mol. The summed E-state index contributed by atoms with van der Waals surface area (Å²) in [5.41, 5.74) is 1.37. The van der Waals surface area contributed by atoms with Crippen molar-refractivity contribution in [3.8, 4) is 6.07 Å². The molecule has 3 heterocycles. The molecule has 0 fully saturated rings. The number of aliphatic hydroxyl groups excluding tert-OH is 1. The van der Waals surface area contributed by atoms with E-state index in [-0.39, 0.29) is 18.7 Å². The van der Waals surface area contributed by atoms with Gasteiger partial charge in [0.05, 0.1) is 37.0 Å². The predicted octanol–water partition coefficient (Wildman–Crippen LogP) is 2.42. The first kappa shape index (κ1) is 17.6. The summed E-state index contributed by atoms with van der Waals surface area (Å²) in [5.74, 6) is 0.630. The first-order valence-electron chi connectivity index (χ1n) is 8.58. The molecule has 1 aromatic carbocycles. The van der Waals surface area contributed by atoms with Crippen molar-refractivity contribution in [3.63, 3.8) is 0 Å². The highest BCUT2D eigenvalue weighted by Gasteiger charge is 2.11. The minimum absolute atomic E-state index is 0.00921. The maximum atomic E-state index is 13.9. The lowest BCUT2D eigenvalue weighted by Gasteiger charge is -2.08. The molecule has 0 bridgehead atoms. The molecule has 0 radical (unpaired) electrons. The molecule has 8 nitrogen and oxygen atoms in total. The number of rotatable bonds is 6. The van der Waals surface area contributed by atoms with Crippen molar-refractivity contribution >= 4 is 22.5 Å². The lowest BCUT2D eigenvalue weighted by molar-refractivity contribution is 0.269. The van der Waals surface area contributed by atoms with Gasteiger partial charge in [0.25, 0.3) is 0 Å². The average molecular weight is 377 g/mol. The highest BCUT2D eigenvalue weighted by molar-refractivity contribution is 5.81. The van der Waals surface area contributed by atoms with Crippen molar-refractivity contribution in [1.29, 1.82) is 5.26 Å². The first-order chi connectivity index (χ1) is 13.7. The molecule has 0 saturated carbocycles. The Morgan fingerprint density at radius 2 is 2.11 bits per heavy atom. The van der Waals surface area contributed by atoms with Crippen LogP contribution in [0.15, 0.2) is 48.9 Å². The number of halogens is 1. The quantitative estimate of drug-likeness (QED) is 0.535. The van der Waals surface area contributed by atoms with Crippen molar-refractivity contribution < 1.29 is 9.50 Å². The lowest BCUT2D eigenvalue weighted by atomic mass is 10.1. The van der Waals surface area contributed by atoms with E-state index in [9.17, 15) is 9.65 Å². The molecule has 0 aliphatic carbocycles. The van der Waals surface area contributed by atoms with Crippen LogP contribution in [0.2, 0.25) is 0 Å². The molecule has 2 N–H and O–H groups in total. The Morgan fingerprint density at radius 3 is 2.93 bits per heavy atom. The number of hydrogen-bond acceptors (Lipinski definition) is 6. The molecule has 0 amide bonds.